The summed E-state index contributed by atoms with van der Waals surface area (Å²) in [7, 11) is 6.56. The van der Waals surface area contributed by atoms with E-state index in [2.05, 4.69) is 26.7 Å². The Balaban J connectivity index is 0.000000146. The Hall–Kier alpha value is -9.34. The normalized spacial score (nSPS) is 17.6. The van der Waals surface area contributed by atoms with E-state index < -0.39 is 0 Å². The van der Waals surface area contributed by atoms with Gasteiger partial charge in [-0.3, -0.25) is 29.0 Å². The molecular formula is C66H69Cl2N11O9. The van der Waals surface area contributed by atoms with Crippen LogP contribution < -0.4 is 51.5 Å². The van der Waals surface area contributed by atoms with E-state index in [1.165, 1.54) is 27.1 Å². The molecule has 2 aliphatic heterocycles. The van der Waals surface area contributed by atoms with Crippen LogP contribution in [-0.2, 0) is 38.8 Å². The van der Waals surface area contributed by atoms with E-state index in [1.54, 1.807) is 83.0 Å². The number of imide groups is 2. The van der Waals surface area contributed by atoms with Crippen molar-refractivity contribution in [1.82, 2.24) is 24.8 Å². The summed E-state index contributed by atoms with van der Waals surface area (Å²) in [5.74, 6) is 4.27. The fourth-order valence-electron chi connectivity index (χ4n) is 12.1. The lowest BCUT2D eigenvalue weighted by molar-refractivity contribution is -0.613. The highest BCUT2D eigenvalue weighted by Gasteiger charge is 2.45. The van der Waals surface area contributed by atoms with Gasteiger partial charge in [-0.2, -0.15) is 4.73 Å². The summed E-state index contributed by atoms with van der Waals surface area (Å²) in [6, 6.07) is 40.2. The van der Waals surface area contributed by atoms with E-state index in [0.29, 0.717) is 66.1 Å². The number of anilines is 3. The Morgan fingerprint density at radius 2 is 0.920 bits per heavy atom. The zero-order valence-electron chi connectivity index (χ0n) is 49.1. The van der Waals surface area contributed by atoms with E-state index in [-0.39, 0.29) is 72.6 Å². The Morgan fingerprint density at radius 1 is 0.500 bits per heavy atom. The van der Waals surface area contributed by atoms with Gasteiger partial charge in [0.2, 0.25) is 0 Å². The molecule has 22 heteroatoms. The Labute approximate surface area is 522 Å². The van der Waals surface area contributed by atoms with E-state index in [0.717, 1.165) is 111 Å². The van der Waals surface area contributed by atoms with Gasteiger partial charge in [-0.25, -0.2) is 15.0 Å². The number of amides is 4. The van der Waals surface area contributed by atoms with Gasteiger partial charge in [0.1, 0.15) is 40.5 Å². The number of nitrogens with two attached hydrogens (primary N) is 3. The van der Waals surface area contributed by atoms with Crippen LogP contribution in [0.2, 0.25) is 0 Å². The number of carbonyl (C=O) groups is 4. The molecule has 4 amide bonds. The summed E-state index contributed by atoms with van der Waals surface area (Å²) in [4.78, 5) is 67.1. The van der Waals surface area contributed by atoms with Gasteiger partial charge in [0.05, 0.1) is 62.8 Å². The molecule has 6 aliphatic rings. The number of hydrogen-bond donors (Lipinski definition) is 5. The lowest BCUT2D eigenvalue weighted by atomic mass is 10.1. The number of nitrogen functional groups attached to an aromatic ring is 1. The van der Waals surface area contributed by atoms with E-state index in [9.17, 15) is 24.4 Å². The first-order chi connectivity index (χ1) is 41.8. The summed E-state index contributed by atoms with van der Waals surface area (Å²) in [6.45, 7) is 1.19. The topological polar surface area (TPSA) is 279 Å². The first-order valence-electron chi connectivity index (χ1n) is 28.6. The maximum absolute atomic E-state index is 12.9. The number of halogens is 2. The van der Waals surface area contributed by atoms with Crippen LogP contribution in [0.15, 0.2) is 140 Å². The smallest absolute Gasteiger partial charge is 0.262 e. The number of nitrogens with one attached hydrogen (secondary N) is 2. The van der Waals surface area contributed by atoms with Crippen LogP contribution >= 0.6 is 24.8 Å². The van der Waals surface area contributed by atoms with Gasteiger partial charge in [-0.15, -0.1) is 24.8 Å². The van der Waals surface area contributed by atoms with Gasteiger partial charge in [0, 0.05) is 83.6 Å². The number of fused-ring (bicyclic) bond motifs is 6. The average Bonchev–Trinajstić information content (AvgIpc) is 2.13. The van der Waals surface area contributed by atoms with Gasteiger partial charge < -0.3 is 52.0 Å². The summed E-state index contributed by atoms with van der Waals surface area (Å²) >= 11 is 0. The SMILES string of the molecule is COc1ccc(CNc2ccc3c(n2)CC[C@H]3N)c(OC)c1.COc1ccc(CNc2ccc3c(n2)CC[C@H]3N2C(=O)c3ccccc3C2=O)c(OC)c1.Cl.Cl.Nc1ccc2c(n1)CC[C@H]2N.O=C1c2ccccc2C(=O)N1[C@@H]1CCc2c1ccc[n+]2[O-]. The Morgan fingerprint density at radius 3 is 1.40 bits per heavy atom. The van der Waals surface area contributed by atoms with Crippen LogP contribution in [0.3, 0.4) is 0 Å². The minimum absolute atomic E-state index is 0. The molecule has 0 unspecified atom stereocenters. The molecule has 0 bridgehead atoms. The molecule has 14 rings (SSSR count). The molecule has 0 saturated carbocycles. The number of hydrogen-bond acceptors (Lipinski definition) is 17. The fraction of sp³-hybridized carbons (Fsp3) is 0.273. The molecule has 4 aromatic carbocycles. The van der Waals surface area contributed by atoms with Gasteiger partial charge in [0.15, 0.2) is 11.9 Å². The second kappa shape index (κ2) is 27.6. The minimum atomic E-state index is -0.339. The van der Waals surface area contributed by atoms with Gasteiger partial charge >= 0.3 is 0 Å². The van der Waals surface area contributed by atoms with Crippen LogP contribution in [0.5, 0.6) is 23.0 Å². The molecule has 4 atom stereocenters. The van der Waals surface area contributed by atoms with Crippen molar-refractivity contribution >= 4 is 65.9 Å². The maximum Gasteiger partial charge on any atom is 0.262 e. The summed E-state index contributed by atoms with van der Waals surface area (Å²) in [6.07, 6.45) is 7.95. The highest BCUT2D eigenvalue weighted by Crippen LogP contribution is 2.42. The number of aryl methyl sites for hydroxylation is 3. The van der Waals surface area contributed by atoms with Crippen molar-refractivity contribution < 1.29 is 42.9 Å². The number of carbonyl (C=O) groups excluding carboxylic acids is 4. The zero-order chi connectivity index (χ0) is 60.2. The number of pyridine rings is 4. The van der Waals surface area contributed by atoms with Crippen molar-refractivity contribution in [3.05, 3.63) is 223 Å². The summed E-state index contributed by atoms with van der Waals surface area (Å²) < 4.78 is 22.2. The van der Waals surface area contributed by atoms with E-state index in [1.807, 2.05) is 72.8 Å². The monoisotopic (exact) mass is 1230 g/mol. The molecule has 0 radical (unpaired) electrons. The van der Waals surface area contributed by atoms with Crippen molar-refractivity contribution in [2.24, 2.45) is 11.5 Å². The van der Waals surface area contributed by atoms with Gasteiger partial charge in [0.25, 0.3) is 23.6 Å². The highest BCUT2D eigenvalue weighted by molar-refractivity contribution is 6.22. The Bertz CT molecular complexity index is 3860. The summed E-state index contributed by atoms with van der Waals surface area (Å²) in [5.41, 5.74) is 29.1. The average molecular weight is 1230 g/mol. The molecule has 8 N–H and O–H groups in total. The molecule has 88 heavy (non-hydrogen) atoms. The van der Waals surface area contributed by atoms with E-state index in [4.69, 9.17) is 41.1 Å². The third kappa shape index (κ3) is 12.7. The second-order valence-electron chi connectivity index (χ2n) is 21.5. The van der Waals surface area contributed by atoms with Crippen LogP contribution in [0.4, 0.5) is 17.5 Å². The standard InChI is InChI=1S/C25H23N3O4.C17H21N3O2.C16H12N2O3.C8H11N3.2ClH/c1-31-16-8-7-15(22(13-16)32-2)14-26-23-12-9-19-20(27-23)10-11-21(19)28-24(29)17-5-3-4-6-18(17)25(28)30;1-21-12-4-3-11(16(9-12)22-2)10-19-17-8-5-13-14(18)6-7-15(13)20-17;19-15-10-4-1-2-5-11(10)16(20)18(15)14-8-7-13-12(14)6-3-9-17(13)21;9-6-2-3-7-5(6)1-4-8(10)11-7;;/h3-9,12-13,21H,10-11,14H2,1-2H3,(H,26,27);3-5,8-9,14H,6-7,10,18H2,1-2H3,(H,19,20);1-6,9,14H,7-8H2;1,4,6H,2-3,9H2,(H2,10,11);2*1H/t21-;2*14-;6-;;/m1111../s1. The molecule has 6 heterocycles. The third-order valence-electron chi connectivity index (χ3n) is 16.5. The first kappa shape index (κ1) is 63.2. The molecule has 456 valence electrons. The number of benzene rings is 4. The lowest BCUT2D eigenvalue weighted by Crippen LogP contribution is -2.34. The molecule has 8 aromatic rings. The van der Waals surface area contributed by atoms with Crippen LogP contribution in [0, 0.1) is 5.21 Å². The molecule has 4 aliphatic carbocycles. The third-order valence-corrected chi connectivity index (χ3v) is 16.5. The molecule has 4 aromatic heterocycles. The van der Waals surface area contributed by atoms with Gasteiger partial charge in [-0.1, -0.05) is 42.5 Å². The van der Waals surface area contributed by atoms with Gasteiger partial charge in [-0.05, 0) is 134 Å². The van der Waals surface area contributed by atoms with Crippen LogP contribution in [0.1, 0.15) is 147 Å². The highest BCUT2D eigenvalue weighted by atomic mass is 35.5. The van der Waals surface area contributed by atoms with E-state index >= 15 is 0 Å². The fourth-order valence-corrected chi connectivity index (χ4v) is 12.1. The Kier molecular flexibility index (Phi) is 19.8. The molecular weight excluding hydrogens is 1160 g/mol. The van der Waals surface area contributed by atoms with Crippen LogP contribution in [0.25, 0.3) is 0 Å². The van der Waals surface area contributed by atoms with Crippen molar-refractivity contribution in [3.8, 4) is 23.0 Å². The van der Waals surface area contributed by atoms with Crippen molar-refractivity contribution in [3.63, 3.8) is 0 Å². The van der Waals surface area contributed by atoms with Crippen molar-refractivity contribution in [1.29, 1.82) is 0 Å². The summed E-state index contributed by atoms with van der Waals surface area (Å²) in [5, 5.41) is 18.5. The van der Waals surface area contributed by atoms with Crippen molar-refractivity contribution in [2.45, 2.75) is 88.6 Å². The second-order valence-corrected chi connectivity index (χ2v) is 21.5. The zero-order valence-corrected chi connectivity index (χ0v) is 50.7. The molecule has 20 nitrogen and oxygen atoms in total. The van der Waals surface area contributed by atoms with Crippen LogP contribution in [-0.4, -0.2) is 76.8 Å². The number of ether oxygens (including phenoxy) is 4. The minimum Gasteiger partial charge on any atom is -0.618 e. The maximum atomic E-state index is 12.9. The quantitative estimate of drug-likeness (QED) is 0.0432. The number of methoxy groups -OCH3 is 4. The largest absolute Gasteiger partial charge is 0.618 e. The predicted octanol–water partition coefficient (Wildman–Crippen LogP) is 9.71. The molecule has 0 spiro atoms. The molecule has 0 fully saturated rings. The lowest BCUT2D eigenvalue weighted by Gasteiger charge is -2.22. The first-order valence-corrected chi connectivity index (χ1v) is 28.6. The van der Waals surface area contributed by atoms with Crippen molar-refractivity contribution in [2.75, 3.05) is 44.8 Å². The number of nitrogens with zero attached hydrogens (tertiary/aromatic N) is 6. The number of rotatable bonds is 12. The molecule has 0 saturated heterocycles. The predicted molar refractivity (Wildman–Crippen MR) is 337 cm³/mol. The number of aromatic nitrogens is 4.